The first kappa shape index (κ1) is 22.6. The first-order valence-corrected chi connectivity index (χ1v) is 11.5. The van der Waals surface area contributed by atoms with E-state index >= 15 is 0 Å². The van der Waals surface area contributed by atoms with Gasteiger partial charge in [-0.1, -0.05) is 35.9 Å². The van der Waals surface area contributed by atoms with Crippen molar-refractivity contribution in [1.29, 1.82) is 0 Å². The molecule has 33 heavy (non-hydrogen) atoms. The average molecular weight is 464 g/mol. The van der Waals surface area contributed by atoms with Crippen molar-refractivity contribution in [1.82, 2.24) is 4.90 Å². The highest BCUT2D eigenvalue weighted by Gasteiger charge is 2.44. The lowest BCUT2D eigenvalue weighted by molar-refractivity contribution is -0.130. The van der Waals surface area contributed by atoms with Crippen LogP contribution in [0.5, 0.6) is 11.5 Å². The summed E-state index contributed by atoms with van der Waals surface area (Å²) >= 11 is 1.25. The second-order valence-corrected chi connectivity index (χ2v) is 8.94. The van der Waals surface area contributed by atoms with E-state index in [1.165, 1.54) is 22.3 Å². The van der Waals surface area contributed by atoms with Gasteiger partial charge >= 0.3 is 0 Å². The van der Waals surface area contributed by atoms with Crippen molar-refractivity contribution in [2.24, 2.45) is 0 Å². The van der Waals surface area contributed by atoms with Crippen molar-refractivity contribution >= 4 is 23.0 Å². The third-order valence-corrected chi connectivity index (χ3v) is 6.61. The minimum absolute atomic E-state index is 0.0286. The maximum absolute atomic E-state index is 13.4. The number of phenolic OH excluding ortho intramolecular Hbond substituents is 1. The molecule has 6 nitrogen and oxygen atoms in total. The fraction of sp³-hybridized carbons (Fsp3) is 0.231. The smallest absolute Gasteiger partial charge is 0.290 e. The van der Waals surface area contributed by atoms with Gasteiger partial charge in [0.25, 0.3) is 5.91 Å². The number of ether oxygens (including phenoxy) is 1. The number of aryl methyl sites for hydroxylation is 2. The van der Waals surface area contributed by atoms with Crippen molar-refractivity contribution in [2.75, 3.05) is 6.61 Å². The predicted molar refractivity (Wildman–Crippen MR) is 127 cm³/mol. The fourth-order valence-corrected chi connectivity index (χ4v) is 4.74. The molecule has 0 saturated carbocycles. The normalized spacial score (nSPS) is 15.9. The van der Waals surface area contributed by atoms with Crippen LogP contribution in [0.15, 0.2) is 65.2 Å². The number of aromatic hydroxyl groups is 1. The van der Waals surface area contributed by atoms with Gasteiger partial charge in [0.1, 0.15) is 0 Å². The van der Waals surface area contributed by atoms with Gasteiger partial charge in [0.15, 0.2) is 17.3 Å². The molecule has 0 saturated heterocycles. The van der Waals surface area contributed by atoms with E-state index in [1.807, 2.05) is 32.0 Å². The second-order valence-electron chi connectivity index (χ2n) is 7.99. The number of carbonyl (C=O) groups is 2. The Labute approximate surface area is 196 Å². The monoisotopic (exact) mass is 463 g/mol. The zero-order valence-corrected chi connectivity index (χ0v) is 19.5. The van der Waals surface area contributed by atoms with Crippen LogP contribution in [0.25, 0.3) is 0 Å². The zero-order chi connectivity index (χ0) is 23.7. The quantitative estimate of drug-likeness (QED) is 0.468. The van der Waals surface area contributed by atoms with Gasteiger partial charge in [-0.3, -0.25) is 9.59 Å². The maximum atomic E-state index is 13.4. The Morgan fingerprint density at radius 3 is 2.61 bits per heavy atom. The van der Waals surface area contributed by atoms with Crippen molar-refractivity contribution in [3.8, 4) is 11.5 Å². The third-order valence-electron chi connectivity index (χ3n) is 5.74. The number of nitrogens with zero attached hydrogens (tertiary/aromatic N) is 1. The van der Waals surface area contributed by atoms with Crippen molar-refractivity contribution in [3.05, 3.63) is 92.4 Å². The Kier molecular flexibility index (Phi) is 6.24. The van der Waals surface area contributed by atoms with E-state index in [0.29, 0.717) is 17.0 Å². The van der Waals surface area contributed by atoms with Crippen LogP contribution in [0.2, 0.25) is 0 Å². The van der Waals surface area contributed by atoms with E-state index < -0.39 is 23.5 Å². The van der Waals surface area contributed by atoms with Crippen LogP contribution < -0.4 is 4.74 Å². The number of hydrogen-bond acceptors (Lipinski definition) is 6. The summed E-state index contributed by atoms with van der Waals surface area (Å²) in [7, 11) is 0. The number of thiophene rings is 1. The summed E-state index contributed by atoms with van der Waals surface area (Å²) in [4.78, 5) is 28.6. The van der Waals surface area contributed by atoms with Gasteiger partial charge < -0.3 is 19.8 Å². The molecule has 0 spiro atoms. The number of rotatable bonds is 7. The molecular weight excluding hydrogens is 438 g/mol. The maximum Gasteiger partial charge on any atom is 0.290 e. The molecule has 0 aliphatic carbocycles. The highest BCUT2D eigenvalue weighted by atomic mass is 32.1. The van der Waals surface area contributed by atoms with E-state index in [1.54, 1.807) is 36.6 Å². The Morgan fingerprint density at radius 1 is 1.12 bits per heavy atom. The standard InChI is InChI=1S/C26H25NO5S/c1-4-32-20-13-17(9-10-19(20)28)23-22(24(29)21-6-5-11-33-21)25(30)26(31)27(23)14-18-12-15(2)7-8-16(18)3/h5-13,23,28,30H,4,14H2,1-3H3. The van der Waals surface area contributed by atoms with Gasteiger partial charge in [0.05, 0.1) is 23.1 Å². The summed E-state index contributed by atoms with van der Waals surface area (Å²) in [5, 5.41) is 22.8. The first-order chi connectivity index (χ1) is 15.8. The molecule has 2 heterocycles. The highest BCUT2D eigenvalue weighted by molar-refractivity contribution is 7.12. The second kappa shape index (κ2) is 9.11. The van der Waals surface area contributed by atoms with Gasteiger partial charge in [-0.25, -0.2) is 0 Å². The Hall–Kier alpha value is -3.58. The molecule has 1 atom stereocenters. The minimum Gasteiger partial charge on any atom is -0.504 e. The van der Waals surface area contributed by atoms with E-state index in [4.69, 9.17) is 4.74 Å². The number of ketones is 1. The summed E-state index contributed by atoms with van der Waals surface area (Å²) in [6.07, 6.45) is 0. The molecule has 170 valence electrons. The number of hydrogen-bond donors (Lipinski definition) is 2. The fourth-order valence-electron chi connectivity index (χ4n) is 4.06. The number of amides is 1. The van der Waals surface area contributed by atoms with Crippen LogP contribution in [-0.4, -0.2) is 33.4 Å². The molecule has 2 N–H and O–H groups in total. The zero-order valence-electron chi connectivity index (χ0n) is 18.7. The number of carbonyl (C=O) groups excluding carboxylic acids is 2. The Morgan fingerprint density at radius 2 is 1.91 bits per heavy atom. The average Bonchev–Trinajstić information content (AvgIpc) is 3.41. The number of Topliss-reactive ketones (excluding diaryl/α,β-unsaturated/α-hetero) is 1. The van der Waals surface area contributed by atoms with Gasteiger partial charge in [0.2, 0.25) is 5.78 Å². The van der Waals surface area contributed by atoms with Gasteiger partial charge in [-0.15, -0.1) is 11.3 Å². The van der Waals surface area contributed by atoms with Crippen LogP contribution in [0.1, 0.15) is 44.9 Å². The molecule has 0 fully saturated rings. The third kappa shape index (κ3) is 4.24. The minimum atomic E-state index is -0.827. The molecule has 2 aromatic carbocycles. The van der Waals surface area contributed by atoms with Gasteiger partial charge in [-0.2, -0.15) is 0 Å². The molecule has 4 rings (SSSR count). The van der Waals surface area contributed by atoms with E-state index in [9.17, 15) is 19.8 Å². The molecule has 1 aliphatic heterocycles. The van der Waals surface area contributed by atoms with Crippen LogP contribution in [0, 0.1) is 13.8 Å². The lowest BCUT2D eigenvalue weighted by Crippen LogP contribution is -2.31. The summed E-state index contributed by atoms with van der Waals surface area (Å²) in [6, 6.07) is 13.3. The number of phenols is 1. The Bertz CT molecular complexity index is 1250. The SMILES string of the molecule is CCOc1cc(C2C(C(=O)c3cccs3)=C(O)C(=O)N2Cc2cc(C)ccc2C)ccc1O. The lowest BCUT2D eigenvalue weighted by atomic mass is 9.94. The topological polar surface area (TPSA) is 87.1 Å². The lowest BCUT2D eigenvalue weighted by Gasteiger charge is -2.28. The largest absolute Gasteiger partial charge is 0.504 e. The molecule has 7 heteroatoms. The molecule has 0 bridgehead atoms. The molecule has 0 radical (unpaired) electrons. The Balaban J connectivity index is 1.84. The van der Waals surface area contributed by atoms with Crippen molar-refractivity contribution in [3.63, 3.8) is 0 Å². The molecular formula is C26H25NO5S. The van der Waals surface area contributed by atoms with Crippen LogP contribution >= 0.6 is 11.3 Å². The van der Waals surface area contributed by atoms with Crippen molar-refractivity contribution in [2.45, 2.75) is 33.4 Å². The number of benzene rings is 2. The highest BCUT2D eigenvalue weighted by Crippen LogP contribution is 2.42. The summed E-state index contributed by atoms with van der Waals surface area (Å²) in [5.41, 5.74) is 3.58. The molecule has 1 amide bonds. The number of aliphatic hydroxyl groups is 1. The molecule has 1 aromatic heterocycles. The number of aliphatic hydroxyl groups excluding tert-OH is 1. The molecule has 3 aromatic rings. The van der Waals surface area contributed by atoms with Crippen molar-refractivity contribution < 1.29 is 24.5 Å². The van der Waals surface area contributed by atoms with Gasteiger partial charge in [0, 0.05) is 6.54 Å². The summed E-state index contributed by atoms with van der Waals surface area (Å²) in [6.45, 7) is 6.29. The van der Waals surface area contributed by atoms with Crippen LogP contribution in [0.4, 0.5) is 0 Å². The first-order valence-electron chi connectivity index (χ1n) is 10.7. The van der Waals surface area contributed by atoms with E-state index in [2.05, 4.69) is 0 Å². The van der Waals surface area contributed by atoms with Gasteiger partial charge in [-0.05, 0) is 61.0 Å². The van der Waals surface area contributed by atoms with Crippen LogP contribution in [-0.2, 0) is 11.3 Å². The predicted octanol–water partition coefficient (Wildman–Crippen LogP) is 5.25. The molecule has 1 unspecified atom stereocenters. The molecule has 1 aliphatic rings. The summed E-state index contributed by atoms with van der Waals surface area (Å²) < 4.78 is 5.53. The van der Waals surface area contributed by atoms with Crippen LogP contribution in [0.3, 0.4) is 0 Å². The van der Waals surface area contributed by atoms with E-state index in [-0.39, 0.29) is 23.6 Å². The summed E-state index contributed by atoms with van der Waals surface area (Å²) in [5.74, 6) is -1.33. The van der Waals surface area contributed by atoms with E-state index in [0.717, 1.165) is 16.7 Å².